The molecule has 1 N–H and O–H groups in total. The second-order valence-corrected chi connectivity index (χ2v) is 5.41. The average molecular weight is 234 g/mol. The van der Waals surface area contributed by atoms with Gasteiger partial charge >= 0.3 is 5.84 Å². The van der Waals surface area contributed by atoms with Gasteiger partial charge in [0.15, 0.2) is 5.54 Å². The van der Waals surface area contributed by atoms with Crippen LogP contribution in [0.5, 0.6) is 0 Å². The molecule has 0 bridgehead atoms. The van der Waals surface area contributed by atoms with E-state index < -0.39 is 11.1 Å². The highest BCUT2D eigenvalue weighted by atomic mass is 16.5. The lowest BCUT2D eigenvalue weighted by Crippen LogP contribution is -2.53. The van der Waals surface area contributed by atoms with Crippen LogP contribution in [0.3, 0.4) is 0 Å². The molecule has 0 radical (unpaired) electrons. The maximum Gasteiger partial charge on any atom is 0.313 e. The van der Waals surface area contributed by atoms with Gasteiger partial charge in [-0.2, -0.15) is 0 Å². The highest BCUT2D eigenvalue weighted by molar-refractivity contribution is 5.95. The molecule has 0 saturated heterocycles. The highest BCUT2D eigenvalue weighted by Gasteiger charge is 2.58. The highest BCUT2D eigenvalue weighted by Crippen LogP contribution is 2.36. The van der Waals surface area contributed by atoms with E-state index in [2.05, 4.69) is 0 Å². The molecule has 0 fully saturated rings. The number of hydroxylamine groups is 3. The van der Waals surface area contributed by atoms with Crippen LogP contribution in [0.4, 0.5) is 0 Å². The van der Waals surface area contributed by atoms with Crippen molar-refractivity contribution in [3.63, 3.8) is 0 Å². The molecule has 0 amide bonds. The molecule has 0 spiro atoms. The topological polar surface area (TPSA) is 49.5 Å². The minimum atomic E-state index is -0.688. The molecule has 1 heterocycles. The Morgan fingerprint density at radius 2 is 1.65 bits per heavy atom. The Kier molecular flexibility index (Phi) is 2.43. The van der Waals surface area contributed by atoms with Gasteiger partial charge in [0.2, 0.25) is 0 Å². The minimum Gasteiger partial charge on any atom is -0.714 e. The molecule has 1 aromatic carbocycles. The van der Waals surface area contributed by atoms with Crippen molar-refractivity contribution >= 4 is 5.84 Å². The normalized spacial score (nSPS) is 22.1. The number of hydrogen-bond acceptors (Lipinski definition) is 3. The summed E-state index contributed by atoms with van der Waals surface area (Å²) < 4.78 is 0.891. The van der Waals surface area contributed by atoms with Crippen LogP contribution in [-0.4, -0.2) is 31.9 Å². The summed E-state index contributed by atoms with van der Waals surface area (Å²) in [4.78, 5) is 0. The first kappa shape index (κ1) is 11.9. The van der Waals surface area contributed by atoms with Crippen molar-refractivity contribution in [1.29, 1.82) is 0 Å². The summed E-state index contributed by atoms with van der Waals surface area (Å²) in [7, 11) is 0. The molecule has 92 valence electrons. The Labute approximate surface area is 101 Å². The van der Waals surface area contributed by atoms with E-state index in [-0.39, 0.29) is 0 Å². The van der Waals surface area contributed by atoms with Crippen LogP contribution in [0.15, 0.2) is 30.3 Å². The van der Waals surface area contributed by atoms with Crippen LogP contribution in [0.25, 0.3) is 0 Å². The van der Waals surface area contributed by atoms with Gasteiger partial charge in [-0.05, 0) is 39.8 Å². The molecule has 0 aromatic heterocycles. The van der Waals surface area contributed by atoms with E-state index in [9.17, 15) is 10.4 Å². The van der Waals surface area contributed by atoms with E-state index in [0.29, 0.717) is 5.84 Å². The number of nitrogens with zero attached hydrogens (tertiary/aromatic N) is 2. The average Bonchev–Trinajstić information content (AvgIpc) is 2.40. The van der Waals surface area contributed by atoms with Gasteiger partial charge in [-0.25, -0.2) is 5.21 Å². The van der Waals surface area contributed by atoms with Gasteiger partial charge < -0.3 is 5.21 Å². The van der Waals surface area contributed by atoms with E-state index in [4.69, 9.17) is 0 Å². The van der Waals surface area contributed by atoms with Crippen LogP contribution in [0.2, 0.25) is 0 Å². The number of rotatable bonds is 1. The summed E-state index contributed by atoms with van der Waals surface area (Å²) in [5, 5.41) is 23.6. The smallest absolute Gasteiger partial charge is 0.313 e. The van der Waals surface area contributed by atoms with Crippen molar-refractivity contribution in [3.05, 3.63) is 41.1 Å². The zero-order valence-corrected chi connectivity index (χ0v) is 10.6. The van der Waals surface area contributed by atoms with Gasteiger partial charge in [0.1, 0.15) is 5.54 Å². The molecular weight excluding hydrogens is 216 g/mol. The summed E-state index contributed by atoms with van der Waals surface area (Å²) >= 11 is 0. The number of hydrogen-bond donors (Lipinski definition) is 1. The number of benzene rings is 1. The van der Waals surface area contributed by atoms with Gasteiger partial charge in [-0.3, -0.25) is 4.74 Å². The van der Waals surface area contributed by atoms with Gasteiger partial charge in [0.25, 0.3) is 0 Å². The number of amidine groups is 1. The lowest BCUT2D eigenvalue weighted by atomic mass is 9.84. The lowest BCUT2D eigenvalue weighted by molar-refractivity contribution is -0.539. The molecule has 2 rings (SSSR count). The fourth-order valence-electron chi connectivity index (χ4n) is 1.95. The molecule has 0 unspecified atom stereocenters. The lowest BCUT2D eigenvalue weighted by Gasteiger charge is -2.33. The Morgan fingerprint density at radius 3 is 2.06 bits per heavy atom. The fourth-order valence-corrected chi connectivity index (χ4v) is 1.95. The van der Waals surface area contributed by atoms with E-state index >= 15 is 0 Å². The van der Waals surface area contributed by atoms with Crippen LogP contribution in [0, 0.1) is 5.21 Å². The third kappa shape index (κ3) is 1.44. The summed E-state index contributed by atoms with van der Waals surface area (Å²) in [5.41, 5.74) is -0.601. The minimum absolute atomic E-state index is 0.306. The monoisotopic (exact) mass is 234 g/mol. The first-order chi connectivity index (χ1) is 7.80. The van der Waals surface area contributed by atoms with Crippen molar-refractivity contribution in [2.75, 3.05) is 0 Å². The summed E-state index contributed by atoms with van der Waals surface area (Å²) in [6.07, 6.45) is 0. The zero-order valence-electron chi connectivity index (χ0n) is 10.6. The SMILES string of the molecule is CC1(C)N(O)C(c2ccccc2)=[N+]([O-])C1(C)C. The fraction of sp³-hybridized carbons (Fsp3) is 0.462. The molecule has 4 heteroatoms. The first-order valence-electron chi connectivity index (χ1n) is 5.69. The third-order valence-electron chi connectivity index (χ3n) is 3.96. The summed E-state index contributed by atoms with van der Waals surface area (Å²) in [5.74, 6) is 0.306. The molecule has 0 atom stereocenters. The molecule has 4 nitrogen and oxygen atoms in total. The first-order valence-corrected chi connectivity index (χ1v) is 5.69. The molecule has 1 aliphatic heterocycles. The second-order valence-electron chi connectivity index (χ2n) is 5.41. The quantitative estimate of drug-likeness (QED) is 0.598. The molecule has 1 aromatic rings. The summed E-state index contributed by atoms with van der Waals surface area (Å²) in [6.45, 7) is 7.38. The van der Waals surface area contributed by atoms with Gasteiger partial charge in [-0.1, -0.05) is 18.2 Å². The predicted octanol–water partition coefficient (Wildman–Crippen LogP) is 2.21. The summed E-state index contributed by atoms with van der Waals surface area (Å²) in [6, 6.07) is 9.22. The maximum atomic E-state index is 12.3. The van der Waals surface area contributed by atoms with Crippen LogP contribution < -0.4 is 0 Å². The largest absolute Gasteiger partial charge is 0.714 e. The van der Waals surface area contributed by atoms with Gasteiger partial charge in [-0.15, -0.1) is 5.06 Å². The maximum absolute atomic E-state index is 12.3. The van der Waals surface area contributed by atoms with E-state index in [1.807, 2.05) is 58.0 Å². The van der Waals surface area contributed by atoms with Gasteiger partial charge in [0, 0.05) is 0 Å². The Hall–Kier alpha value is -1.55. The predicted molar refractivity (Wildman–Crippen MR) is 66.0 cm³/mol. The Morgan fingerprint density at radius 1 is 1.12 bits per heavy atom. The van der Waals surface area contributed by atoms with Crippen molar-refractivity contribution < 1.29 is 9.95 Å². The van der Waals surface area contributed by atoms with E-state index in [1.54, 1.807) is 0 Å². The third-order valence-corrected chi connectivity index (χ3v) is 3.96. The molecule has 0 saturated carbocycles. The molecule has 0 aliphatic carbocycles. The van der Waals surface area contributed by atoms with Crippen LogP contribution >= 0.6 is 0 Å². The molecular formula is C13H18N2O2. The van der Waals surface area contributed by atoms with Crippen LogP contribution in [0.1, 0.15) is 33.3 Å². The van der Waals surface area contributed by atoms with Crippen molar-refractivity contribution in [1.82, 2.24) is 5.06 Å². The molecule has 17 heavy (non-hydrogen) atoms. The van der Waals surface area contributed by atoms with Crippen LogP contribution in [-0.2, 0) is 0 Å². The van der Waals surface area contributed by atoms with E-state index in [0.717, 1.165) is 15.4 Å². The Bertz CT molecular complexity index is 464. The van der Waals surface area contributed by atoms with Crippen molar-refractivity contribution in [2.45, 2.75) is 38.8 Å². The zero-order chi connectivity index (χ0) is 12.8. The van der Waals surface area contributed by atoms with E-state index in [1.165, 1.54) is 0 Å². The second kappa shape index (κ2) is 3.47. The molecule has 1 aliphatic rings. The van der Waals surface area contributed by atoms with Gasteiger partial charge in [0.05, 0.1) is 5.56 Å². The Balaban J connectivity index is 2.59. The standard InChI is InChI=1S/C13H18N2O2/c1-12(2)13(3,4)15(17)11(14(12)16)10-8-6-5-7-9-10/h5-9,16H,1-4H3. The van der Waals surface area contributed by atoms with Crippen molar-refractivity contribution in [2.24, 2.45) is 0 Å². The van der Waals surface area contributed by atoms with Crippen molar-refractivity contribution in [3.8, 4) is 0 Å².